The van der Waals surface area contributed by atoms with Gasteiger partial charge in [0.25, 0.3) is 5.91 Å². The van der Waals surface area contributed by atoms with E-state index in [9.17, 15) is 13.2 Å². The van der Waals surface area contributed by atoms with Gasteiger partial charge < -0.3 is 19.1 Å². The van der Waals surface area contributed by atoms with Gasteiger partial charge in [0.15, 0.2) is 0 Å². The van der Waals surface area contributed by atoms with Crippen LogP contribution in [-0.4, -0.2) is 89.2 Å². The quantitative estimate of drug-likeness (QED) is 0.284. The number of carbonyl (C=O) groups excluding carboxylic acids is 1. The number of rotatable bonds is 3. The van der Waals surface area contributed by atoms with Crippen molar-refractivity contribution in [2.45, 2.75) is 88.0 Å². The van der Waals surface area contributed by atoms with E-state index in [0.717, 1.165) is 75.5 Å². The molecule has 1 amide bonds. The third-order valence-electron chi connectivity index (χ3n) is 12.8. The summed E-state index contributed by atoms with van der Waals surface area (Å²) in [6.07, 6.45) is 10.3. The zero-order chi connectivity index (χ0) is 37.4. The highest BCUT2D eigenvalue weighted by atomic mass is 35.5. The predicted octanol–water partition coefficient (Wildman–Crippen LogP) is 6.38. The van der Waals surface area contributed by atoms with Crippen molar-refractivity contribution < 1.29 is 27.4 Å². The van der Waals surface area contributed by atoms with E-state index in [0.29, 0.717) is 37.9 Å². The van der Waals surface area contributed by atoms with Crippen LogP contribution in [0.25, 0.3) is 0 Å². The van der Waals surface area contributed by atoms with Crippen molar-refractivity contribution in [3.8, 4) is 17.6 Å². The van der Waals surface area contributed by atoms with Crippen LogP contribution < -0.4 is 14.4 Å². The van der Waals surface area contributed by atoms with Crippen LogP contribution in [-0.2, 0) is 31.3 Å². The summed E-state index contributed by atoms with van der Waals surface area (Å²) in [6.45, 7) is 10.9. The Hall–Kier alpha value is -3.07. The molecular weight excluding hydrogens is 710 g/mol. The number of nitrogens with zero attached hydrogens (tertiary/aromatic N) is 2. The van der Waals surface area contributed by atoms with E-state index in [-0.39, 0.29) is 28.7 Å². The Balaban J connectivity index is 1.28. The minimum absolute atomic E-state index is 0.121. The number of sulfonamides is 1. The maximum Gasteiger partial charge on any atom is 0.264 e. The lowest BCUT2D eigenvalue weighted by atomic mass is 9.64. The third-order valence-corrected chi connectivity index (χ3v) is 14.9. The number of allylic oxidation sites excluding steroid dienone is 1. The van der Waals surface area contributed by atoms with Gasteiger partial charge in [-0.25, -0.2) is 13.1 Å². The molecule has 0 aromatic heterocycles. The normalized spacial score (nSPS) is 33.5. The number of halogens is 1. The molecule has 1 saturated carbocycles. The lowest BCUT2D eigenvalue weighted by Crippen LogP contribution is -2.52. The van der Waals surface area contributed by atoms with Crippen molar-refractivity contribution in [3.63, 3.8) is 0 Å². The first-order valence-corrected chi connectivity index (χ1v) is 21.3. The molecule has 286 valence electrons. The molecule has 2 aromatic rings. The molecule has 1 spiro atoms. The SMILES string of the molecule is CO[C@@]1(C#CCCN2CCOC[C@@H]2C)/C=C/C[C@H](C)[C@@H](C)S(=O)(=O)NC(=O)c2ccc3c(c2)N(C[C@@H]2CC[C@H]21)C[C@@]1(CCCc2cc(Cl)ccc21)CO3. The summed E-state index contributed by atoms with van der Waals surface area (Å²) in [6, 6.07) is 11.9. The van der Waals surface area contributed by atoms with Gasteiger partial charge >= 0.3 is 0 Å². The van der Waals surface area contributed by atoms with E-state index in [1.54, 1.807) is 20.1 Å². The molecule has 0 radical (unpaired) electrons. The molecule has 1 saturated heterocycles. The monoisotopic (exact) mass is 763 g/mol. The first-order chi connectivity index (χ1) is 25.4. The summed E-state index contributed by atoms with van der Waals surface area (Å²) in [5.74, 6) is 7.32. The predicted molar refractivity (Wildman–Crippen MR) is 209 cm³/mol. The summed E-state index contributed by atoms with van der Waals surface area (Å²) >= 11 is 6.49. The zero-order valence-corrected chi connectivity index (χ0v) is 33.1. The van der Waals surface area contributed by atoms with Crippen molar-refractivity contribution in [2.75, 3.05) is 58.0 Å². The lowest BCUT2D eigenvalue weighted by Gasteiger charge is -2.48. The van der Waals surface area contributed by atoms with Crippen molar-refractivity contribution in [1.82, 2.24) is 9.62 Å². The van der Waals surface area contributed by atoms with Gasteiger partial charge in [-0.15, -0.1) is 0 Å². The molecule has 9 nitrogen and oxygen atoms in total. The van der Waals surface area contributed by atoms with E-state index >= 15 is 0 Å². The van der Waals surface area contributed by atoms with Crippen LogP contribution in [0.3, 0.4) is 0 Å². The summed E-state index contributed by atoms with van der Waals surface area (Å²) < 4.78 is 48.3. The molecule has 53 heavy (non-hydrogen) atoms. The molecule has 5 aliphatic rings. The number of benzene rings is 2. The number of ether oxygens (including phenoxy) is 3. The van der Waals surface area contributed by atoms with Crippen LogP contribution in [0, 0.1) is 29.6 Å². The highest BCUT2D eigenvalue weighted by Crippen LogP contribution is 2.49. The fourth-order valence-electron chi connectivity index (χ4n) is 9.15. The maximum absolute atomic E-state index is 13.6. The van der Waals surface area contributed by atoms with Crippen LogP contribution in [0.5, 0.6) is 5.75 Å². The average Bonchev–Trinajstić information content (AvgIpc) is 3.28. The first-order valence-electron chi connectivity index (χ1n) is 19.3. The van der Waals surface area contributed by atoms with Gasteiger partial charge in [-0.3, -0.25) is 9.69 Å². The standard InChI is InChI=1S/C42H54ClN3O6S/c1-29-9-7-19-42(50-4,18-5-6-20-45-21-22-51-26-30(45)2)37-14-11-34(37)25-46-27-41(17-8-10-32-23-35(43)13-15-36(32)41)28-52-39-16-12-33(24-38(39)46)40(47)44-53(48,49)31(29)3/h7,12-13,15-16,19,23-24,29-31,34,37H,6,8-11,14,17,20-22,25-28H2,1-4H3,(H,44,47)/b19-7+/t29-,30-,31+,34-,37+,41-,42-/m0/s1. The van der Waals surface area contributed by atoms with Crippen LogP contribution in [0.15, 0.2) is 48.6 Å². The largest absolute Gasteiger partial charge is 0.490 e. The third kappa shape index (κ3) is 7.75. The Kier molecular flexibility index (Phi) is 11.2. The second-order valence-electron chi connectivity index (χ2n) is 16.0. The fourth-order valence-corrected chi connectivity index (χ4v) is 10.6. The summed E-state index contributed by atoms with van der Waals surface area (Å²) in [7, 11) is -2.22. The van der Waals surface area contributed by atoms with Gasteiger partial charge in [0, 0.05) is 67.7 Å². The number of morpholine rings is 1. The van der Waals surface area contributed by atoms with Crippen LogP contribution in [0.1, 0.15) is 80.8 Å². The molecule has 7 atom stereocenters. The number of fused-ring (bicyclic) bond motifs is 4. The molecular formula is C42H54ClN3O6S. The number of anilines is 1. The van der Waals surface area contributed by atoms with Crippen molar-refractivity contribution in [3.05, 3.63) is 70.3 Å². The number of hydrogen-bond acceptors (Lipinski definition) is 8. The van der Waals surface area contributed by atoms with Crippen LogP contribution >= 0.6 is 11.6 Å². The number of hydrogen-bond donors (Lipinski definition) is 1. The molecule has 0 unspecified atom stereocenters. The minimum atomic E-state index is -3.97. The van der Waals surface area contributed by atoms with E-state index in [1.807, 2.05) is 31.2 Å². The maximum atomic E-state index is 13.6. The highest BCUT2D eigenvalue weighted by Gasteiger charge is 2.49. The Morgan fingerprint density at radius 1 is 1.13 bits per heavy atom. The van der Waals surface area contributed by atoms with E-state index < -0.39 is 26.8 Å². The molecule has 2 aliphatic carbocycles. The number of aryl methyl sites for hydroxylation is 1. The Morgan fingerprint density at radius 2 is 1.98 bits per heavy atom. The van der Waals surface area contributed by atoms with Gasteiger partial charge in [-0.1, -0.05) is 42.5 Å². The van der Waals surface area contributed by atoms with Gasteiger partial charge in [0.05, 0.1) is 30.8 Å². The molecule has 2 fully saturated rings. The number of methoxy groups -OCH3 is 1. The summed E-state index contributed by atoms with van der Waals surface area (Å²) in [4.78, 5) is 18.4. The molecule has 2 bridgehead atoms. The van der Waals surface area contributed by atoms with E-state index in [1.165, 1.54) is 11.1 Å². The Morgan fingerprint density at radius 3 is 2.75 bits per heavy atom. The fraction of sp³-hybridized carbons (Fsp3) is 0.595. The van der Waals surface area contributed by atoms with Crippen molar-refractivity contribution >= 4 is 33.2 Å². The van der Waals surface area contributed by atoms with Gasteiger partial charge in [0.2, 0.25) is 10.0 Å². The molecule has 3 aliphatic heterocycles. The number of nitrogens with one attached hydrogen (secondary N) is 1. The minimum Gasteiger partial charge on any atom is -0.490 e. The van der Waals surface area contributed by atoms with E-state index in [4.69, 9.17) is 25.8 Å². The molecule has 2 aromatic carbocycles. The summed E-state index contributed by atoms with van der Waals surface area (Å²) in [5, 5.41) is -0.0702. The zero-order valence-electron chi connectivity index (χ0n) is 31.5. The first kappa shape index (κ1) is 38.2. The summed E-state index contributed by atoms with van der Waals surface area (Å²) in [5.41, 5.74) is 2.50. The van der Waals surface area contributed by atoms with Crippen LogP contribution in [0.2, 0.25) is 5.02 Å². The van der Waals surface area contributed by atoms with E-state index in [2.05, 4.69) is 51.5 Å². The van der Waals surface area contributed by atoms with Gasteiger partial charge in [-0.05, 0) is 112 Å². The molecule has 11 heteroatoms. The van der Waals surface area contributed by atoms with Gasteiger partial charge in [0.1, 0.15) is 11.4 Å². The number of carbonyl (C=O) groups is 1. The molecule has 7 rings (SSSR count). The van der Waals surface area contributed by atoms with Gasteiger partial charge in [-0.2, -0.15) is 0 Å². The average molecular weight is 764 g/mol. The smallest absolute Gasteiger partial charge is 0.264 e. The molecule has 1 N–H and O–H groups in total. The number of amides is 1. The molecule has 3 heterocycles. The van der Waals surface area contributed by atoms with Crippen LogP contribution in [0.4, 0.5) is 5.69 Å². The lowest BCUT2D eigenvalue weighted by molar-refractivity contribution is -0.0351. The second kappa shape index (κ2) is 15.6. The second-order valence-corrected chi connectivity index (χ2v) is 18.5. The van der Waals surface area contributed by atoms with Crippen molar-refractivity contribution in [2.24, 2.45) is 17.8 Å². The highest BCUT2D eigenvalue weighted by molar-refractivity contribution is 7.90. The Labute approximate surface area is 320 Å². The Bertz CT molecular complexity index is 1890. The topological polar surface area (TPSA) is 97.4 Å². The van der Waals surface area contributed by atoms with Crippen molar-refractivity contribution in [1.29, 1.82) is 0 Å².